The van der Waals surface area contributed by atoms with E-state index >= 15 is 0 Å². The zero-order valence-corrected chi connectivity index (χ0v) is 18.5. The van der Waals surface area contributed by atoms with Gasteiger partial charge in [-0.2, -0.15) is 5.10 Å². The fourth-order valence-electron chi connectivity index (χ4n) is 3.70. The molecule has 4 aromatic rings. The maximum atomic E-state index is 11.9. The van der Waals surface area contributed by atoms with Crippen LogP contribution in [0.5, 0.6) is 0 Å². The number of hydrogen-bond donors (Lipinski definition) is 0. The Balaban J connectivity index is 1.77. The quantitative estimate of drug-likeness (QED) is 0.205. The molecule has 1 unspecified atom stereocenters. The number of hydrogen-bond acceptors (Lipinski definition) is 6. The Morgan fingerprint density at radius 1 is 1.15 bits per heavy atom. The zero-order chi connectivity index (χ0) is 23.4. The lowest BCUT2D eigenvalue weighted by molar-refractivity contribution is -0.385. The second-order valence-corrected chi connectivity index (χ2v) is 7.79. The highest BCUT2D eigenvalue weighted by Crippen LogP contribution is 2.32. The van der Waals surface area contributed by atoms with Crippen molar-refractivity contribution in [1.29, 1.82) is 0 Å². The van der Waals surface area contributed by atoms with Gasteiger partial charge in [0.2, 0.25) is 0 Å². The Hall–Kier alpha value is -3.91. The van der Waals surface area contributed by atoms with Gasteiger partial charge in [0, 0.05) is 52.6 Å². The van der Waals surface area contributed by atoms with Gasteiger partial charge in [-0.05, 0) is 49.2 Å². The molecule has 166 valence electrons. The predicted octanol–water partition coefficient (Wildman–Crippen LogP) is 5.11. The van der Waals surface area contributed by atoms with Gasteiger partial charge >= 0.3 is 0 Å². The smallest absolute Gasteiger partial charge is 0.272 e. The summed E-state index contributed by atoms with van der Waals surface area (Å²) in [5.74, 6) is 0.470. The van der Waals surface area contributed by atoms with Gasteiger partial charge in [0.25, 0.3) is 5.69 Å². The number of nitrogens with zero attached hydrogens (tertiary/aromatic N) is 5. The van der Waals surface area contributed by atoms with Crippen LogP contribution in [0, 0.1) is 10.1 Å². The Bertz CT molecular complexity index is 1310. The van der Waals surface area contributed by atoms with Crippen molar-refractivity contribution in [3.63, 3.8) is 0 Å². The number of benzene rings is 2. The molecule has 0 aliphatic rings. The number of carbonyl (C=O) groups is 1. The summed E-state index contributed by atoms with van der Waals surface area (Å²) >= 11 is 6.27. The van der Waals surface area contributed by atoms with Crippen LogP contribution in [-0.4, -0.2) is 31.0 Å². The molecule has 0 aliphatic carbocycles. The van der Waals surface area contributed by atoms with E-state index in [0.29, 0.717) is 39.9 Å². The van der Waals surface area contributed by atoms with Crippen LogP contribution in [0.2, 0.25) is 5.02 Å². The normalized spacial score (nSPS) is 11.8. The summed E-state index contributed by atoms with van der Waals surface area (Å²) in [6.45, 7) is 2.50. The molecule has 8 nitrogen and oxygen atoms in total. The van der Waals surface area contributed by atoms with Crippen molar-refractivity contribution in [2.45, 2.75) is 25.8 Å². The van der Waals surface area contributed by atoms with E-state index in [0.717, 1.165) is 11.8 Å². The summed E-state index contributed by atoms with van der Waals surface area (Å²) in [6, 6.07) is 15.5. The van der Waals surface area contributed by atoms with E-state index in [1.54, 1.807) is 59.5 Å². The maximum absolute atomic E-state index is 11.9. The first-order valence-corrected chi connectivity index (χ1v) is 10.7. The fraction of sp³-hybridized carbons (Fsp3) is 0.167. The van der Waals surface area contributed by atoms with E-state index in [-0.39, 0.29) is 12.1 Å². The third-order valence-corrected chi connectivity index (χ3v) is 5.68. The van der Waals surface area contributed by atoms with Gasteiger partial charge in [0.15, 0.2) is 11.6 Å². The summed E-state index contributed by atoms with van der Waals surface area (Å²) in [5, 5.41) is 16.7. The predicted molar refractivity (Wildman–Crippen MR) is 125 cm³/mol. The first-order valence-electron chi connectivity index (χ1n) is 10.3. The molecule has 0 fully saturated rings. The summed E-state index contributed by atoms with van der Waals surface area (Å²) < 4.78 is 1.73. The van der Waals surface area contributed by atoms with Crippen molar-refractivity contribution in [2.24, 2.45) is 0 Å². The van der Waals surface area contributed by atoms with Crippen LogP contribution in [0.25, 0.3) is 22.8 Å². The third kappa shape index (κ3) is 4.65. The van der Waals surface area contributed by atoms with Crippen molar-refractivity contribution in [3.05, 3.63) is 93.3 Å². The average Bonchev–Trinajstić information content (AvgIpc) is 3.28. The van der Waals surface area contributed by atoms with Gasteiger partial charge in [-0.1, -0.05) is 29.8 Å². The van der Waals surface area contributed by atoms with Crippen molar-refractivity contribution in [2.75, 3.05) is 0 Å². The Labute approximate surface area is 195 Å². The molecule has 2 aromatic carbocycles. The number of aromatic nitrogens is 4. The molecule has 0 amide bonds. The summed E-state index contributed by atoms with van der Waals surface area (Å²) in [5.41, 5.74) is 2.43. The highest BCUT2D eigenvalue weighted by Gasteiger charge is 2.23. The summed E-state index contributed by atoms with van der Waals surface area (Å²) in [4.78, 5) is 31.9. The van der Waals surface area contributed by atoms with Crippen molar-refractivity contribution >= 4 is 23.6 Å². The van der Waals surface area contributed by atoms with E-state index in [2.05, 4.69) is 15.1 Å². The SMILES string of the molecule is CCn1nc(-c2cccnc2)nc1-c1ccc([N+](=O)[O-])c(CC(C=O)c2ccccc2Cl)c1. The number of pyridine rings is 1. The number of carbonyl (C=O) groups excluding carboxylic acids is 1. The minimum absolute atomic E-state index is 0.0623. The molecule has 0 saturated heterocycles. The first kappa shape index (κ1) is 22.3. The van der Waals surface area contributed by atoms with Crippen LogP contribution in [0.1, 0.15) is 24.0 Å². The molecule has 2 aromatic heterocycles. The van der Waals surface area contributed by atoms with E-state index in [1.807, 2.05) is 13.0 Å². The van der Waals surface area contributed by atoms with E-state index < -0.39 is 10.8 Å². The topological polar surface area (TPSA) is 104 Å². The van der Waals surface area contributed by atoms with Crippen LogP contribution in [0.4, 0.5) is 5.69 Å². The van der Waals surface area contributed by atoms with Crippen molar-refractivity contribution in [1.82, 2.24) is 19.7 Å². The number of rotatable bonds is 8. The van der Waals surface area contributed by atoms with Gasteiger partial charge in [0.1, 0.15) is 6.29 Å². The number of halogens is 1. The molecule has 0 aliphatic heterocycles. The molecule has 0 N–H and O–H groups in total. The largest absolute Gasteiger partial charge is 0.303 e. The van der Waals surface area contributed by atoms with Crippen LogP contribution in [-0.2, 0) is 17.8 Å². The van der Waals surface area contributed by atoms with Crippen molar-refractivity contribution in [3.8, 4) is 22.8 Å². The van der Waals surface area contributed by atoms with E-state index in [1.165, 1.54) is 6.07 Å². The number of nitro benzene ring substituents is 1. The molecule has 2 heterocycles. The molecule has 33 heavy (non-hydrogen) atoms. The minimum Gasteiger partial charge on any atom is -0.303 e. The average molecular weight is 462 g/mol. The van der Waals surface area contributed by atoms with E-state index in [4.69, 9.17) is 11.6 Å². The highest BCUT2D eigenvalue weighted by molar-refractivity contribution is 6.31. The second kappa shape index (κ2) is 9.70. The third-order valence-electron chi connectivity index (χ3n) is 5.33. The molecule has 0 saturated carbocycles. The van der Waals surface area contributed by atoms with Gasteiger partial charge < -0.3 is 4.79 Å². The molecule has 0 spiro atoms. The lowest BCUT2D eigenvalue weighted by atomic mass is 9.91. The summed E-state index contributed by atoms with van der Waals surface area (Å²) in [6.07, 6.45) is 4.25. The van der Waals surface area contributed by atoms with Gasteiger partial charge in [0.05, 0.1) is 4.92 Å². The Morgan fingerprint density at radius 2 is 1.97 bits per heavy atom. The molecular weight excluding hydrogens is 442 g/mol. The molecule has 1 atom stereocenters. The second-order valence-electron chi connectivity index (χ2n) is 7.39. The van der Waals surface area contributed by atoms with Gasteiger partial charge in [-0.25, -0.2) is 9.67 Å². The molecular formula is C24H20ClN5O3. The van der Waals surface area contributed by atoms with Gasteiger partial charge in [-0.3, -0.25) is 15.1 Å². The van der Waals surface area contributed by atoms with Gasteiger partial charge in [-0.15, -0.1) is 0 Å². The Morgan fingerprint density at radius 3 is 2.64 bits per heavy atom. The maximum Gasteiger partial charge on any atom is 0.272 e. The first-order chi connectivity index (χ1) is 16.0. The zero-order valence-electron chi connectivity index (χ0n) is 17.8. The van der Waals surface area contributed by atoms with Crippen molar-refractivity contribution < 1.29 is 9.72 Å². The summed E-state index contributed by atoms with van der Waals surface area (Å²) in [7, 11) is 0. The number of nitro groups is 1. The Kier molecular flexibility index (Phi) is 6.55. The molecule has 0 bridgehead atoms. The van der Waals surface area contributed by atoms with E-state index in [9.17, 15) is 14.9 Å². The lowest BCUT2D eigenvalue weighted by Crippen LogP contribution is -2.08. The van der Waals surface area contributed by atoms with Crippen LogP contribution < -0.4 is 0 Å². The van der Waals surface area contributed by atoms with Crippen LogP contribution in [0.3, 0.4) is 0 Å². The minimum atomic E-state index is -0.623. The number of aldehydes is 1. The standard InChI is InChI=1S/C24H20ClN5O3/c1-2-29-24(27-23(28-29)17-6-5-11-26-14-17)16-9-10-22(30(32)33)18(12-16)13-19(15-31)20-7-3-4-8-21(20)25/h3-12,14-15,19H,2,13H2,1H3. The number of aryl methyl sites for hydroxylation is 1. The lowest BCUT2D eigenvalue weighted by Gasteiger charge is -2.13. The molecule has 9 heteroatoms. The fourth-order valence-corrected chi connectivity index (χ4v) is 3.98. The molecule has 0 radical (unpaired) electrons. The highest BCUT2D eigenvalue weighted by atomic mass is 35.5. The van der Waals surface area contributed by atoms with Crippen LogP contribution >= 0.6 is 11.6 Å². The van der Waals surface area contributed by atoms with Crippen LogP contribution in [0.15, 0.2) is 67.0 Å². The monoisotopic (exact) mass is 461 g/mol. The molecule has 4 rings (SSSR count).